The molecule has 0 saturated heterocycles. The number of hydrogen-bond acceptors (Lipinski definition) is 4. The summed E-state index contributed by atoms with van der Waals surface area (Å²) in [6.07, 6.45) is 2.72. The molecule has 21 heavy (non-hydrogen) atoms. The second-order valence-corrected chi connectivity index (χ2v) is 6.63. The van der Waals surface area contributed by atoms with Crippen molar-refractivity contribution in [2.45, 2.75) is 40.2 Å². The van der Waals surface area contributed by atoms with Gasteiger partial charge in [0.2, 0.25) is 0 Å². The largest absolute Gasteiger partial charge is 0.271 e. The molecule has 0 spiro atoms. The third kappa shape index (κ3) is 3.68. The van der Waals surface area contributed by atoms with Crippen molar-refractivity contribution in [2.75, 3.05) is 0 Å². The number of hydrogen-bond donors (Lipinski definition) is 2. The minimum atomic E-state index is 0.0226. The van der Waals surface area contributed by atoms with Crippen LogP contribution in [0.3, 0.4) is 0 Å². The van der Waals surface area contributed by atoms with Crippen LogP contribution in [0.2, 0.25) is 0 Å². The Morgan fingerprint density at radius 2 is 1.90 bits per heavy atom. The molecule has 1 aromatic heterocycles. The summed E-state index contributed by atoms with van der Waals surface area (Å²) in [5, 5.41) is 8.25. The average molecular weight is 287 g/mol. The molecule has 0 amide bonds. The fourth-order valence-corrected chi connectivity index (χ4v) is 2.23. The molecule has 2 rings (SSSR count). The number of nitrogens with zero attached hydrogens (tertiary/aromatic N) is 3. The quantitative estimate of drug-likeness (QED) is 0.655. The lowest BCUT2D eigenvalue weighted by molar-refractivity contribution is 0.221. The third-order valence-electron chi connectivity index (χ3n) is 4.20. The predicted octanol–water partition coefficient (Wildman–Crippen LogP) is 2.84. The first kappa shape index (κ1) is 15.7. The van der Waals surface area contributed by atoms with Gasteiger partial charge in [0.25, 0.3) is 0 Å². The molecule has 0 saturated carbocycles. The minimum absolute atomic E-state index is 0.0226. The number of benzene rings is 1. The van der Waals surface area contributed by atoms with Crippen LogP contribution in [-0.2, 0) is 0 Å². The molecule has 0 fully saturated rings. The van der Waals surface area contributed by atoms with Crippen LogP contribution in [0.15, 0.2) is 36.5 Å². The second kappa shape index (κ2) is 6.37. The molecule has 114 valence electrons. The maximum atomic E-state index is 5.78. The summed E-state index contributed by atoms with van der Waals surface area (Å²) in [5.74, 6) is 6.30. The average Bonchev–Trinajstić information content (AvgIpc) is 2.93. The monoisotopic (exact) mass is 287 g/mol. The van der Waals surface area contributed by atoms with Gasteiger partial charge in [-0.1, -0.05) is 51.1 Å². The Morgan fingerprint density at radius 1 is 1.24 bits per heavy atom. The van der Waals surface area contributed by atoms with Gasteiger partial charge < -0.3 is 0 Å². The van der Waals surface area contributed by atoms with Gasteiger partial charge >= 0.3 is 0 Å². The highest BCUT2D eigenvalue weighted by Crippen LogP contribution is 2.33. The molecule has 5 heteroatoms. The van der Waals surface area contributed by atoms with Crippen molar-refractivity contribution in [1.82, 2.24) is 20.4 Å². The Morgan fingerprint density at radius 3 is 2.48 bits per heavy atom. The number of nitrogens with two attached hydrogens (primary N) is 1. The van der Waals surface area contributed by atoms with E-state index in [1.165, 1.54) is 0 Å². The number of nitrogens with one attached hydrogen (secondary N) is 1. The van der Waals surface area contributed by atoms with Crippen LogP contribution in [-0.4, -0.2) is 15.0 Å². The zero-order valence-corrected chi connectivity index (χ0v) is 13.2. The minimum Gasteiger partial charge on any atom is -0.271 e. The predicted molar refractivity (Wildman–Crippen MR) is 84.7 cm³/mol. The van der Waals surface area contributed by atoms with Gasteiger partial charge in [-0.05, 0) is 29.9 Å². The Bertz CT molecular complexity index is 556. The Kier molecular flexibility index (Phi) is 4.75. The smallest absolute Gasteiger partial charge is 0.0828 e. The fraction of sp³-hybridized carbons (Fsp3) is 0.500. The molecule has 0 radical (unpaired) electrons. The van der Waals surface area contributed by atoms with Gasteiger partial charge in [-0.3, -0.25) is 11.3 Å². The molecule has 3 N–H and O–H groups in total. The van der Waals surface area contributed by atoms with E-state index in [9.17, 15) is 0 Å². The molecule has 2 atom stereocenters. The maximum absolute atomic E-state index is 5.78. The molecular weight excluding hydrogens is 262 g/mol. The van der Waals surface area contributed by atoms with Crippen LogP contribution < -0.4 is 11.3 Å². The van der Waals surface area contributed by atoms with E-state index in [1.807, 2.05) is 35.0 Å². The normalized spacial score (nSPS) is 14.9. The number of hydrazine groups is 1. The highest BCUT2D eigenvalue weighted by Gasteiger charge is 2.26. The summed E-state index contributed by atoms with van der Waals surface area (Å²) < 4.78 is 1.85. The van der Waals surface area contributed by atoms with Gasteiger partial charge in [0.05, 0.1) is 23.6 Å². The van der Waals surface area contributed by atoms with Crippen molar-refractivity contribution in [3.63, 3.8) is 0 Å². The standard InChI is InChI=1S/C16H25N5/c1-12(16(2,3)4)10-14(19-17)15-11-18-20-21(15)13-8-6-5-7-9-13/h5-9,11-12,14,19H,10,17H2,1-4H3. The van der Waals surface area contributed by atoms with Crippen LogP contribution in [0.1, 0.15) is 45.9 Å². The van der Waals surface area contributed by atoms with E-state index in [4.69, 9.17) is 5.84 Å². The molecule has 0 aliphatic rings. The first-order valence-electron chi connectivity index (χ1n) is 7.35. The van der Waals surface area contributed by atoms with Gasteiger partial charge in [0.1, 0.15) is 0 Å². The second-order valence-electron chi connectivity index (χ2n) is 6.63. The van der Waals surface area contributed by atoms with Crippen LogP contribution in [0.5, 0.6) is 0 Å². The highest BCUT2D eigenvalue weighted by atomic mass is 15.4. The number of para-hydroxylation sites is 1. The molecule has 0 aliphatic heterocycles. The third-order valence-corrected chi connectivity index (χ3v) is 4.20. The topological polar surface area (TPSA) is 68.8 Å². The first-order chi connectivity index (χ1) is 9.93. The van der Waals surface area contributed by atoms with E-state index in [0.717, 1.165) is 17.8 Å². The fourth-order valence-electron chi connectivity index (χ4n) is 2.23. The molecular formula is C16H25N5. The highest BCUT2D eigenvalue weighted by molar-refractivity contribution is 5.32. The van der Waals surface area contributed by atoms with Crippen molar-refractivity contribution in [2.24, 2.45) is 17.2 Å². The summed E-state index contributed by atoms with van der Waals surface area (Å²) in [6.45, 7) is 8.99. The van der Waals surface area contributed by atoms with Crippen molar-refractivity contribution in [3.05, 3.63) is 42.2 Å². The van der Waals surface area contributed by atoms with E-state index < -0.39 is 0 Å². The van der Waals surface area contributed by atoms with Gasteiger partial charge in [-0.2, -0.15) is 0 Å². The number of aromatic nitrogens is 3. The van der Waals surface area contributed by atoms with Crippen molar-refractivity contribution in [1.29, 1.82) is 0 Å². The van der Waals surface area contributed by atoms with E-state index in [0.29, 0.717) is 5.92 Å². The van der Waals surface area contributed by atoms with E-state index in [2.05, 4.69) is 43.4 Å². The van der Waals surface area contributed by atoms with E-state index >= 15 is 0 Å². The van der Waals surface area contributed by atoms with Gasteiger partial charge in [-0.25, -0.2) is 4.68 Å². The van der Waals surface area contributed by atoms with E-state index in [-0.39, 0.29) is 11.5 Å². The lowest BCUT2D eigenvalue weighted by Crippen LogP contribution is -2.33. The molecule has 2 aromatic rings. The summed E-state index contributed by atoms with van der Waals surface area (Å²) in [7, 11) is 0. The number of rotatable bonds is 5. The zero-order chi connectivity index (χ0) is 15.5. The molecule has 5 nitrogen and oxygen atoms in total. The van der Waals surface area contributed by atoms with Crippen molar-refractivity contribution < 1.29 is 0 Å². The van der Waals surface area contributed by atoms with E-state index in [1.54, 1.807) is 6.20 Å². The van der Waals surface area contributed by atoms with Gasteiger partial charge in [0.15, 0.2) is 0 Å². The van der Waals surface area contributed by atoms with Crippen LogP contribution in [0.25, 0.3) is 5.69 Å². The van der Waals surface area contributed by atoms with Crippen LogP contribution in [0, 0.1) is 11.3 Å². The maximum Gasteiger partial charge on any atom is 0.0828 e. The Balaban J connectivity index is 2.26. The molecule has 0 aliphatic carbocycles. The molecule has 2 unspecified atom stereocenters. The van der Waals surface area contributed by atoms with Crippen LogP contribution in [0.4, 0.5) is 0 Å². The summed E-state index contributed by atoms with van der Waals surface area (Å²) in [5.41, 5.74) is 5.13. The first-order valence-corrected chi connectivity index (χ1v) is 7.35. The van der Waals surface area contributed by atoms with Crippen molar-refractivity contribution >= 4 is 0 Å². The summed E-state index contributed by atoms with van der Waals surface area (Å²) in [6, 6.07) is 10.0. The molecule has 0 bridgehead atoms. The Labute approximate surface area is 126 Å². The lowest BCUT2D eigenvalue weighted by atomic mass is 9.78. The molecule has 1 aromatic carbocycles. The van der Waals surface area contributed by atoms with Gasteiger partial charge in [0, 0.05) is 0 Å². The molecule has 1 heterocycles. The van der Waals surface area contributed by atoms with Gasteiger partial charge in [-0.15, -0.1) is 5.10 Å². The van der Waals surface area contributed by atoms with Crippen LogP contribution >= 0.6 is 0 Å². The zero-order valence-electron chi connectivity index (χ0n) is 13.2. The SMILES string of the molecule is CC(CC(NN)c1cnnn1-c1ccccc1)C(C)(C)C. The lowest BCUT2D eigenvalue weighted by Gasteiger charge is -2.30. The summed E-state index contributed by atoms with van der Waals surface area (Å²) >= 11 is 0. The van der Waals surface area contributed by atoms with Crippen molar-refractivity contribution in [3.8, 4) is 5.69 Å². The summed E-state index contributed by atoms with van der Waals surface area (Å²) in [4.78, 5) is 0. The Hall–Kier alpha value is -1.72.